The van der Waals surface area contributed by atoms with E-state index in [1.165, 1.54) is 11.2 Å². The molecule has 1 fully saturated rings. The number of hydrogen-bond donors (Lipinski definition) is 2. The van der Waals surface area contributed by atoms with E-state index in [0.29, 0.717) is 6.54 Å². The molecule has 7 nitrogen and oxygen atoms in total. The summed E-state index contributed by atoms with van der Waals surface area (Å²) >= 11 is 0. The maximum absolute atomic E-state index is 12.5. The quantitative estimate of drug-likeness (QED) is 0.838. The van der Waals surface area contributed by atoms with Crippen molar-refractivity contribution in [3.8, 4) is 0 Å². The molecule has 18 heavy (non-hydrogen) atoms. The Bertz CT molecular complexity index is 578. The molecule has 1 atom stereocenters. The van der Waals surface area contributed by atoms with E-state index >= 15 is 0 Å². The number of carbonyl (C=O) groups is 1. The molecule has 1 aromatic heterocycles. The third-order valence-electron chi connectivity index (χ3n) is 3.15. The molecule has 0 aliphatic carbocycles. The van der Waals surface area contributed by atoms with Gasteiger partial charge in [0.05, 0.1) is 5.69 Å². The first-order valence-corrected chi connectivity index (χ1v) is 7.10. The van der Waals surface area contributed by atoms with Gasteiger partial charge < -0.3 is 5.11 Å². The Balaban J connectivity index is 2.54. The second-order valence-electron chi connectivity index (χ2n) is 4.44. The third-order valence-corrected chi connectivity index (χ3v) is 5.33. The molecule has 2 rings (SSSR count). The number of aryl methyl sites for hydroxylation is 1. The summed E-state index contributed by atoms with van der Waals surface area (Å²) in [5.41, 5.74) is -0.182. The Morgan fingerprint density at radius 3 is 2.72 bits per heavy atom. The Labute approximate surface area is 105 Å². The van der Waals surface area contributed by atoms with E-state index < -0.39 is 21.7 Å². The molecule has 100 valence electrons. The van der Waals surface area contributed by atoms with Crippen molar-refractivity contribution in [3.63, 3.8) is 0 Å². The monoisotopic (exact) mass is 273 g/mol. The lowest BCUT2D eigenvalue weighted by Crippen LogP contribution is -2.34. The van der Waals surface area contributed by atoms with Crippen LogP contribution in [0.1, 0.15) is 35.9 Å². The molecule has 0 bridgehead atoms. The zero-order valence-electron chi connectivity index (χ0n) is 10.2. The lowest BCUT2D eigenvalue weighted by atomic mass is 10.3. The van der Waals surface area contributed by atoms with Gasteiger partial charge in [-0.15, -0.1) is 0 Å². The van der Waals surface area contributed by atoms with Gasteiger partial charge in [-0.25, -0.2) is 13.2 Å². The van der Waals surface area contributed by atoms with Crippen molar-refractivity contribution in [2.24, 2.45) is 0 Å². The van der Waals surface area contributed by atoms with Gasteiger partial charge in [0.1, 0.15) is 4.90 Å². The molecule has 0 radical (unpaired) electrons. The fraction of sp³-hybridized carbons (Fsp3) is 0.600. The summed E-state index contributed by atoms with van der Waals surface area (Å²) in [5, 5.41) is 15.0. The number of rotatable bonds is 3. The lowest BCUT2D eigenvalue weighted by molar-refractivity contribution is 0.0686. The van der Waals surface area contributed by atoms with Crippen molar-refractivity contribution in [1.82, 2.24) is 14.5 Å². The zero-order valence-corrected chi connectivity index (χ0v) is 11.0. The average molecular weight is 273 g/mol. The smallest absolute Gasteiger partial charge is 0.357 e. The van der Waals surface area contributed by atoms with Gasteiger partial charge in [0.25, 0.3) is 0 Å². The van der Waals surface area contributed by atoms with Crippen LogP contribution >= 0.6 is 0 Å². The van der Waals surface area contributed by atoms with Crippen molar-refractivity contribution in [1.29, 1.82) is 0 Å². The van der Waals surface area contributed by atoms with Gasteiger partial charge in [-0.1, -0.05) is 0 Å². The van der Waals surface area contributed by atoms with Crippen molar-refractivity contribution in [2.75, 3.05) is 6.54 Å². The largest absolute Gasteiger partial charge is 0.476 e. The van der Waals surface area contributed by atoms with Crippen LogP contribution in [0.3, 0.4) is 0 Å². The van der Waals surface area contributed by atoms with Crippen LogP contribution in [0.15, 0.2) is 4.90 Å². The normalized spacial score (nSPS) is 21.3. The van der Waals surface area contributed by atoms with Crippen LogP contribution in [0, 0.1) is 6.92 Å². The van der Waals surface area contributed by atoms with Crippen molar-refractivity contribution < 1.29 is 18.3 Å². The summed E-state index contributed by atoms with van der Waals surface area (Å²) in [7, 11) is -3.79. The highest BCUT2D eigenvalue weighted by atomic mass is 32.2. The fourth-order valence-corrected chi connectivity index (χ4v) is 4.25. The predicted molar refractivity (Wildman–Crippen MR) is 62.9 cm³/mol. The second-order valence-corrected chi connectivity index (χ2v) is 6.27. The van der Waals surface area contributed by atoms with Crippen molar-refractivity contribution >= 4 is 16.0 Å². The fourth-order valence-electron chi connectivity index (χ4n) is 2.26. The number of H-pyrrole nitrogens is 1. The summed E-state index contributed by atoms with van der Waals surface area (Å²) in [6, 6.07) is -0.106. The number of carboxylic acids is 1. The zero-order chi connectivity index (χ0) is 13.5. The number of nitrogens with one attached hydrogen (secondary N) is 1. The minimum absolute atomic E-state index is 0.106. The molecule has 0 aromatic carbocycles. The van der Waals surface area contributed by atoms with E-state index in [9.17, 15) is 13.2 Å². The summed E-state index contributed by atoms with van der Waals surface area (Å²) in [6.07, 6.45) is 1.58. The van der Waals surface area contributed by atoms with Gasteiger partial charge in [0.2, 0.25) is 10.0 Å². The summed E-state index contributed by atoms with van der Waals surface area (Å²) < 4.78 is 26.3. The molecule has 1 aliphatic rings. The van der Waals surface area contributed by atoms with Gasteiger partial charge >= 0.3 is 5.97 Å². The standard InChI is InChI=1S/C10H15N3O4S/c1-6-4-3-5-13(6)18(16,17)9-7(2)11-12-8(9)10(14)15/h6H,3-5H2,1-2H3,(H,11,12)(H,14,15). The minimum atomic E-state index is -3.79. The Morgan fingerprint density at radius 2 is 2.22 bits per heavy atom. The highest BCUT2D eigenvalue weighted by Gasteiger charge is 2.37. The molecular formula is C10H15N3O4S. The third kappa shape index (κ3) is 1.91. The first-order valence-electron chi connectivity index (χ1n) is 5.66. The van der Waals surface area contributed by atoms with E-state index in [-0.39, 0.29) is 16.6 Å². The molecule has 2 N–H and O–H groups in total. The maximum atomic E-state index is 12.5. The molecular weight excluding hydrogens is 258 g/mol. The van der Waals surface area contributed by atoms with E-state index in [4.69, 9.17) is 5.11 Å². The Hall–Kier alpha value is -1.41. The second kappa shape index (κ2) is 4.36. The van der Waals surface area contributed by atoms with Gasteiger partial charge in [-0.2, -0.15) is 9.40 Å². The SMILES string of the molecule is Cc1[nH]nc(C(=O)O)c1S(=O)(=O)N1CCCC1C. The van der Waals surface area contributed by atoms with Crippen molar-refractivity contribution in [2.45, 2.75) is 37.6 Å². The molecule has 0 spiro atoms. The van der Waals surface area contributed by atoms with E-state index in [1.54, 1.807) is 0 Å². The van der Waals surface area contributed by atoms with E-state index in [0.717, 1.165) is 12.8 Å². The lowest BCUT2D eigenvalue weighted by Gasteiger charge is -2.20. The molecule has 1 aromatic rings. The first-order chi connectivity index (χ1) is 8.35. The first kappa shape index (κ1) is 13.0. The van der Waals surface area contributed by atoms with Gasteiger partial charge in [-0.3, -0.25) is 5.10 Å². The number of aromatic nitrogens is 2. The van der Waals surface area contributed by atoms with Crippen LogP contribution < -0.4 is 0 Å². The molecule has 2 heterocycles. The summed E-state index contributed by atoms with van der Waals surface area (Å²) in [4.78, 5) is 10.8. The molecule has 1 saturated heterocycles. The molecule has 0 saturated carbocycles. The number of carboxylic acid groups (broad SMARTS) is 1. The molecule has 1 aliphatic heterocycles. The van der Waals surface area contributed by atoms with Gasteiger partial charge in [0, 0.05) is 12.6 Å². The summed E-state index contributed by atoms with van der Waals surface area (Å²) in [5.74, 6) is -1.34. The average Bonchev–Trinajstić information content (AvgIpc) is 2.84. The van der Waals surface area contributed by atoms with Crippen molar-refractivity contribution in [3.05, 3.63) is 11.4 Å². The summed E-state index contributed by atoms with van der Waals surface area (Å²) in [6.45, 7) is 3.75. The van der Waals surface area contributed by atoms with Crippen LogP contribution in [0.5, 0.6) is 0 Å². The topological polar surface area (TPSA) is 103 Å². The number of nitrogens with zero attached hydrogens (tertiary/aromatic N) is 2. The van der Waals surface area contributed by atoms with Crippen LogP contribution in [-0.4, -0.2) is 46.6 Å². The Morgan fingerprint density at radius 1 is 1.56 bits per heavy atom. The Kier molecular flexibility index (Phi) is 3.16. The highest BCUT2D eigenvalue weighted by molar-refractivity contribution is 7.89. The maximum Gasteiger partial charge on any atom is 0.357 e. The highest BCUT2D eigenvalue weighted by Crippen LogP contribution is 2.28. The van der Waals surface area contributed by atoms with E-state index in [1.807, 2.05) is 6.92 Å². The van der Waals surface area contributed by atoms with Crippen LogP contribution in [0.4, 0.5) is 0 Å². The van der Waals surface area contributed by atoms with Crippen LogP contribution in [0.2, 0.25) is 0 Å². The van der Waals surface area contributed by atoms with Gasteiger partial charge in [0.15, 0.2) is 5.69 Å². The van der Waals surface area contributed by atoms with Crippen LogP contribution in [-0.2, 0) is 10.0 Å². The molecule has 0 amide bonds. The predicted octanol–water partition coefficient (Wildman–Crippen LogP) is 0.589. The van der Waals surface area contributed by atoms with Crippen LogP contribution in [0.25, 0.3) is 0 Å². The number of hydrogen-bond acceptors (Lipinski definition) is 4. The molecule has 8 heteroatoms. The number of aromatic carboxylic acids is 1. The molecule has 1 unspecified atom stereocenters. The number of aromatic amines is 1. The van der Waals surface area contributed by atoms with E-state index in [2.05, 4.69) is 10.2 Å². The van der Waals surface area contributed by atoms with Gasteiger partial charge in [-0.05, 0) is 26.7 Å². The number of sulfonamides is 1. The minimum Gasteiger partial charge on any atom is -0.476 e.